The molecule has 0 atom stereocenters. The molecular weight excluding hydrogens is 270 g/mol. The van der Waals surface area contributed by atoms with E-state index in [0.29, 0.717) is 10.7 Å². The summed E-state index contributed by atoms with van der Waals surface area (Å²) in [6.07, 6.45) is 1.79. The summed E-state index contributed by atoms with van der Waals surface area (Å²) in [6, 6.07) is 3.73. The summed E-state index contributed by atoms with van der Waals surface area (Å²) < 4.78 is 0. The van der Waals surface area contributed by atoms with Gasteiger partial charge in [-0.3, -0.25) is 0 Å². The van der Waals surface area contributed by atoms with E-state index >= 15 is 0 Å². The number of allylic oxidation sites excluding steroid dienone is 1. The molecule has 1 aliphatic rings. The molecule has 1 fully saturated rings. The third-order valence-corrected chi connectivity index (χ3v) is 3.88. The first-order valence-corrected chi connectivity index (χ1v) is 7.08. The standard InChI is InChI=1S/C16H22ClN3/c1-5-13-14(18)6-12(17)7-15(13)20-9-16(4,10-20)8-19-11(2)3/h5-7,19H,1-2,8-10,18H2,3-4H3. The summed E-state index contributed by atoms with van der Waals surface area (Å²) in [5.74, 6) is 0. The van der Waals surface area contributed by atoms with Gasteiger partial charge in [0.05, 0.1) is 0 Å². The molecule has 0 spiro atoms. The van der Waals surface area contributed by atoms with Crippen LogP contribution < -0.4 is 16.0 Å². The SMILES string of the molecule is C=Cc1c(N)cc(Cl)cc1N1CC(C)(CNC(=C)C)C1. The Labute approximate surface area is 126 Å². The van der Waals surface area contributed by atoms with Crippen LogP contribution in [0.3, 0.4) is 0 Å². The third kappa shape index (κ3) is 2.93. The Hall–Kier alpha value is -1.61. The number of nitrogens with one attached hydrogen (secondary N) is 1. The lowest BCUT2D eigenvalue weighted by Gasteiger charge is -2.50. The van der Waals surface area contributed by atoms with Crippen molar-refractivity contribution in [2.75, 3.05) is 30.3 Å². The monoisotopic (exact) mass is 291 g/mol. The number of halogens is 1. The van der Waals surface area contributed by atoms with Gasteiger partial charge in [-0.05, 0) is 19.1 Å². The maximum Gasteiger partial charge on any atom is 0.0475 e. The highest BCUT2D eigenvalue weighted by atomic mass is 35.5. The maximum absolute atomic E-state index is 6.11. The Morgan fingerprint density at radius 2 is 2.20 bits per heavy atom. The Morgan fingerprint density at radius 1 is 1.55 bits per heavy atom. The molecular formula is C16H22ClN3. The zero-order valence-corrected chi connectivity index (χ0v) is 12.9. The first-order valence-electron chi connectivity index (χ1n) is 6.70. The van der Waals surface area contributed by atoms with Crippen LogP contribution in [0.15, 0.2) is 31.0 Å². The second-order valence-corrected chi connectivity index (χ2v) is 6.37. The summed E-state index contributed by atoms with van der Waals surface area (Å²) in [5, 5.41) is 3.98. The number of benzene rings is 1. The number of nitrogens with two attached hydrogens (primary N) is 1. The van der Waals surface area contributed by atoms with Gasteiger partial charge in [0.1, 0.15) is 0 Å². The molecule has 0 aliphatic carbocycles. The van der Waals surface area contributed by atoms with E-state index in [2.05, 4.69) is 30.3 Å². The Bertz CT molecular complexity index is 545. The van der Waals surface area contributed by atoms with Crippen LogP contribution in [0, 0.1) is 5.41 Å². The average molecular weight is 292 g/mol. The second-order valence-electron chi connectivity index (χ2n) is 5.93. The minimum Gasteiger partial charge on any atom is -0.398 e. The number of hydrogen-bond acceptors (Lipinski definition) is 3. The molecule has 3 nitrogen and oxygen atoms in total. The molecule has 0 aromatic heterocycles. The van der Waals surface area contributed by atoms with Gasteiger partial charge in [0.15, 0.2) is 0 Å². The van der Waals surface area contributed by atoms with Crippen LogP contribution in [0.5, 0.6) is 0 Å². The van der Waals surface area contributed by atoms with Crippen molar-refractivity contribution in [2.45, 2.75) is 13.8 Å². The van der Waals surface area contributed by atoms with Crippen LogP contribution in [0.25, 0.3) is 6.08 Å². The highest BCUT2D eigenvalue weighted by Crippen LogP contribution is 2.39. The molecule has 1 aliphatic heterocycles. The summed E-state index contributed by atoms with van der Waals surface area (Å²) in [5.41, 5.74) is 9.96. The van der Waals surface area contributed by atoms with Gasteiger partial charge in [-0.1, -0.05) is 37.8 Å². The minimum atomic E-state index is 0.245. The van der Waals surface area contributed by atoms with Crippen LogP contribution in [-0.2, 0) is 0 Å². The molecule has 1 aromatic rings. The average Bonchev–Trinajstić information content (AvgIpc) is 2.32. The number of rotatable bonds is 5. The highest BCUT2D eigenvalue weighted by Gasteiger charge is 2.39. The summed E-state index contributed by atoms with van der Waals surface area (Å²) in [7, 11) is 0. The molecule has 20 heavy (non-hydrogen) atoms. The van der Waals surface area contributed by atoms with Crippen LogP contribution in [0.2, 0.25) is 5.02 Å². The Morgan fingerprint density at radius 3 is 2.75 bits per heavy atom. The lowest BCUT2D eigenvalue weighted by atomic mass is 9.81. The molecule has 2 rings (SSSR count). The van der Waals surface area contributed by atoms with E-state index in [1.807, 2.05) is 13.0 Å². The lowest BCUT2D eigenvalue weighted by molar-refractivity contribution is 0.239. The van der Waals surface area contributed by atoms with Gasteiger partial charge in [0.2, 0.25) is 0 Å². The first-order chi connectivity index (χ1) is 9.34. The van der Waals surface area contributed by atoms with Crippen molar-refractivity contribution in [2.24, 2.45) is 5.41 Å². The van der Waals surface area contributed by atoms with E-state index < -0.39 is 0 Å². The van der Waals surface area contributed by atoms with Crippen molar-refractivity contribution in [3.8, 4) is 0 Å². The van der Waals surface area contributed by atoms with E-state index in [9.17, 15) is 0 Å². The van der Waals surface area contributed by atoms with E-state index in [1.165, 1.54) is 0 Å². The zero-order chi connectivity index (χ0) is 14.9. The topological polar surface area (TPSA) is 41.3 Å². The van der Waals surface area contributed by atoms with Gasteiger partial charge in [0, 0.05) is 52.7 Å². The maximum atomic E-state index is 6.11. The van der Waals surface area contributed by atoms with E-state index in [1.54, 1.807) is 12.1 Å². The van der Waals surface area contributed by atoms with Crippen molar-refractivity contribution >= 4 is 29.1 Å². The normalized spacial score (nSPS) is 16.4. The highest BCUT2D eigenvalue weighted by molar-refractivity contribution is 6.31. The van der Waals surface area contributed by atoms with Crippen LogP contribution in [0.4, 0.5) is 11.4 Å². The largest absolute Gasteiger partial charge is 0.398 e. The molecule has 0 amide bonds. The van der Waals surface area contributed by atoms with Crippen molar-refractivity contribution in [3.63, 3.8) is 0 Å². The van der Waals surface area contributed by atoms with Gasteiger partial charge in [0.25, 0.3) is 0 Å². The predicted octanol–water partition coefficient (Wildman–Crippen LogP) is 3.51. The van der Waals surface area contributed by atoms with Crippen molar-refractivity contribution < 1.29 is 0 Å². The lowest BCUT2D eigenvalue weighted by Crippen LogP contribution is -2.59. The Kier molecular flexibility index (Phi) is 4.00. The van der Waals surface area contributed by atoms with Gasteiger partial charge >= 0.3 is 0 Å². The molecule has 1 aromatic carbocycles. The fraction of sp³-hybridized carbons (Fsp3) is 0.375. The van der Waals surface area contributed by atoms with Gasteiger partial charge < -0.3 is 16.0 Å². The van der Waals surface area contributed by atoms with Gasteiger partial charge in [-0.15, -0.1) is 0 Å². The van der Waals surface area contributed by atoms with Crippen molar-refractivity contribution in [1.29, 1.82) is 0 Å². The van der Waals surface area contributed by atoms with Gasteiger partial charge in [-0.2, -0.15) is 0 Å². The molecule has 0 saturated carbocycles. The van der Waals surface area contributed by atoms with Gasteiger partial charge in [-0.25, -0.2) is 0 Å². The minimum absolute atomic E-state index is 0.245. The number of anilines is 2. The Balaban J connectivity index is 2.13. The molecule has 0 radical (unpaired) electrons. The van der Waals surface area contributed by atoms with Crippen molar-refractivity contribution in [3.05, 3.63) is 41.6 Å². The summed E-state index contributed by atoms with van der Waals surface area (Å²) in [6.45, 7) is 14.8. The quantitative estimate of drug-likeness (QED) is 0.816. The zero-order valence-electron chi connectivity index (χ0n) is 12.2. The molecule has 0 bridgehead atoms. The molecule has 4 heteroatoms. The molecule has 0 unspecified atom stereocenters. The second kappa shape index (κ2) is 5.41. The smallest absolute Gasteiger partial charge is 0.0475 e. The number of hydrogen-bond donors (Lipinski definition) is 2. The van der Waals surface area contributed by atoms with Crippen LogP contribution in [0.1, 0.15) is 19.4 Å². The fourth-order valence-electron chi connectivity index (χ4n) is 2.63. The van der Waals surface area contributed by atoms with E-state index in [-0.39, 0.29) is 5.41 Å². The van der Waals surface area contributed by atoms with Crippen LogP contribution in [-0.4, -0.2) is 19.6 Å². The molecule has 1 saturated heterocycles. The molecule has 1 heterocycles. The van der Waals surface area contributed by atoms with Crippen molar-refractivity contribution in [1.82, 2.24) is 5.32 Å². The fourth-order valence-corrected chi connectivity index (χ4v) is 2.85. The summed E-state index contributed by atoms with van der Waals surface area (Å²) >= 11 is 6.11. The predicted molar refractivity (Wildman–Crippen MR) is 89.1 cm³/mol. The first kappa shape index (κ1) is 14.8. The molecule has 108 valence electrons. The molecule has 3 N–H and O–H groups in total. The van der Waals surface area contributed by atoms with E-state index in [0.717, 1.165) is 36.6 Å². The summed E-state index contributed by atoms with van der Waals surface area (Å²) in [4.78, 5) is 2.29. The van der Waals surface area contributed by atoms with Crippen LogP contribution >= 0.6 is 11.6 Å². The number of nitrogen functional groups attached to an aromatic ring is 1. The number of nitrogens with zero attached hydrogens (tertiary/aromatic N) is 1. The third-order valence-electron chi connectivity index (χ3n) is 3.66. The van der Waals surface area contributed by atoms with E-state index in [4.69, 9.17) is 17.3 Å².